The van der Waals surface area contributed by atoms with Gasteiger partial charge in [-0.2, -0.15) is 0 Å². The van der Waals surface area contributed by atoms with Crippen LogP contribution in [-0.2, 0) is 14.3 Å². The molecule has 2 amide bonds. The summed E-state index contributed by atoms with van der Waals surface area (Å²) in [5, 5.41) is 2.85. The van der Waals surface area contributed by atoms with Gasteiger partial charge in [0.05, 0.1) is 13.2 Å². The molecule has 0 radical (unpaired) electrons. The smallest absolute Gasteiger partial charge is 0.234 e. The Hall–Kier alpha value is -1.40. The van der Waals surface area contributed by atoms with E-state index in [-0.39, 0.29) is 17.7 Å². The van der Waals surface area contributed by atoms with Gasteiger partial charge in [0.1, 0.15) is 0 Å². The summed E-state index contributed by atoms with van der Waals surface area (Å²) in [6.07, 6.45) is 7.05. The number of piperidine rings is 1. The van der Waals surface area contributed by atoms with Crippen LogP contribution in [0.25, 0.3) is 0 Å². The minimum absolute atomic E-state index is 0.0497. The van der Waals surface area contributed by atoms with E-state index in [1.807, 2.05) is 11.9 Å². The first kappa shape index (κ1) is 17.9. The monoisotopic (exact) mass is 323 g/mol. The highest BCUT2D eigenvalue weighted by molar-refractivity contribution is 5.79. The normalized spacial score (nSPS) is 23.8. The molecule has 0 aromatic heterocycles. The Kier molecular flexibility index (Phi) is 7.05. The Balaban J connectivity index is 1.76. The van der Waals surface area contributed by atoms with Crippen LogP contribution in [0.2, 0.25) is 0 Å². The van der Waals surface area contributed by atoms with E-state index >= 15 is 0 Å². The van der Waals surface area contributed by atoms with Crippen molar-refractivity contribution in [1.82, 2.24) is 15.1 Å². The third-order valence-corrected chi connectivity index (χ3v) is 4.83. The van der Waals surface area contributed by atoms with Gasteiger partial charge in [-0.1, -0.05) is 12.2 Å². The van der Waals surface area contributed by atoms with Crippen molar-refractivity contribution < 1.29 is 14.3 Å². The molecule has 0 unspecified atom stereocenters. The fourth-order valence-electron chi connectivity index (χ4n) is 3.41. The predicted molar refractivity (Wildman–Crippen MR) is 88.9 cm³/mol. The van der Waals surface area contributed by atoms with Crippen LogP contribution in [-0.4, -0.2) is 75.1 Å². The molecule has 0 aliphatic carbocycles. The third kappa shape index (κ3) is 5.32. The van der Waals surface area contributed by atoms with Crippen molar-refractivity contribution in [3.63, 3.8) is 0 Å². The predicted octanol–water partition coefficient (Wildman–Crippen LogP) is 0.496. The van der Waals surface area contributed by atoms with E-state index in [1.165, 1.54) is 0 Å². The van der Waals surface area contributed by atoms with E-state index in [0.29, 0.717) is 25.6 Å². The molecular formula is C17H29N3O3. The van der Waals surface area contributed by atoms with Gasteiger partial charge in [-0.05, 0) is 38.3 Å². The van der Waals surface area contributed by atoms with Gasteiger partial charge in [-0.15, -0.1) is 0 Å². The molecule has 2 aliphatic rings. The molecule has 1 fully saturated rings. The molecule has 2 heterocycles. The zero-order chi connectivity index (χ0) is 16.7. The zero-order valence-corrected chi connectivity index (χ0v) is 14.3. The van der Waals surface area contributed by atoms with Crippen molar-refractivity contribution in [2.45, 2.75) is 19.3 Å². The summed E-state index contributed by atoms with van der Waals surface area (Å²) in [5.41, 5.74) is 0. The summed E-state index contributed by atoms with van der Waals surface area (Å²) in [6.45, 7) is 4.03. The number of rotatable bonds is 6. The first-order chi connectivity index (χ1) is 11.1. The quantitative estimate of drug-likeness (QED) is 0.571. The molecule has 0 bridgehead atoms. The Bertz CT molecular complexity index is 431. The van der Waals surface area contributed by atoms with Gasteiger partial charge in [0.15, 0.2) is 0 Å². The fourth-order valence-corrected chi connectivity index (χ4v) is 3.41. The summed E-state index contributed by atoms with van der Waals surface area (Å²) in [6, 6.07) is 0. The van der Waals surface area contributed by atoms with E-state index in [0.717, 1.165) is 38.9 Å². The van der Waals surface area contributed by atoms with Crippen LogP contribution >= 0.6 is 0 Å². The molecule has 1 N–H and O–H groups in total. The van der Waals surface area contributed by atoms with Gasteiger partial charge in [-0.25, -0.2) is 0 Å². The van der Waals surface area contributed by atoms with Crippen molar-refractivity contribution in [2.24, 2.45) is 11.8 Å². The Morgan fingerprint density at radius 3 is 2.78 bits per heavy atom. The second-order valence-electron chi connectivity index (χ2n) is 6.49. The van der Waals surface area contributed by atoms with Gasteiger partial charge in [0, 0.05) is 33.2 Å². The number of hydrogen-bond donors (Lipinski definition) is 1. The molecule has 130 valence electrons. The maximum Gasteiger partial charge on any atom is 0.234 e. The summed E-state index contributed by atoms with van der Waals surface area (Å²) < 4.78 is 4.92. The lowest BCUT2D eigenvalue weighted by atomic mass is 9.81. The number of likely N-dealkylation sites (tertiary alicyclic amines) is 1. The van der Waals surface area contributed by atoms with Crippen LogP contribution in [0.5, 0.6) is 0 Å². The summed E-state index contributed by atoms with van der Waals surface area (Å²) in [5.74, 6) is 0.858. The van der Waals surface area contributed by atoms with E-state index in [1.54, 1.807) is 7.11 Å². The lowest BCUT2D eigenvalue weighted by Gasteiger charge is -2.35. The molecule has 0 aromatic rings. The van der Waals surface area contributed by atoms with E-state index in [2.05, 4.69) is 22.4 Å². The first-order valence-electron chi connectivity index (χ1n) is 8.49. The van der Waals surface area contributed by atoms with Gasteiger partial charge in [-0.3, -0.25) is 14.5 Å². The van der Waals surface area contributed by atoms with E-state index < -0.39 is 0 Å². The number of methoxy groups -OCH3 is 1. The van der Waals surface area contributed by atoms with Crippen LogP contribution in [0.1, 0.15) is 19.3 Å². The van der Waals surface area contributed by atoms with Crippen LogP contribution in [0.3, 0.4) is 0 Å². The number of hydrogen-bond acceptors (Lipinski definition) is 4. The fraction of sp³-hybridized carbons (Fsp3) is 0.765. The average Bonchev–Trinajstić information content (AvgIpc) is 2.71. The van der Waals surface area contributed by atoms with Gasteiger partial charge < -0.3 is 15.0 Å². The van der Waals surface area contributed by atoms with Crippen LogP contribution < -0.4 is 5.32 Å². The Morgan fingerprint density at radius 2 is 2.09 bits per heavy atom. The molecule has 1 atom stereocenters. The number of nitrogens with one attached hydrogen (secondary N) is 1. The van der Waals surface area contributed by atoms with Crippen LogP contribution in [0, 0.1) is 11.8 Å². The number of amides is 2. The lowest BCUT2D eigenvalue weighted by molar-refractivity contribution is -0.136. The second-order valence-corrected chi connectivity index (χ2v) is 6.49. The molecule has 0 aromatic carbocycles. The van der Waals surface area contributed by atoms with E-state index in [9.17, 15) is 9.59 Å². The zero-order valence-electron chi connectivity index (χ0n) is 14.3. The number of ether oxygens (including phenoxy) is 1. The molecule has 0 spiro atoms. The highest BCUT2D eigenvalue weighted by atomic mass is 16.5. The summed E-state index contributed by atoms with van der Waals surface area (Å²) in [7, 11) is 3.50. The maximum absolute atomic E-state index is 12.4. The van der Waals surface area contributed by atoms with Gasteiger partial charge >= 0.3 is 0 Å². The van der Waals surface area contributed by atoms with Crippen molar-refractivity contribution in [3.05, 3.63) is 12.2 Å². The third-order valence-electron chi connectivity index (χ3n) is 4.83. The van der Waals surface area contributed by atoms with E-state index in [4.69, 9.17) is 4.74 Å². The van der Waals surface area contributed by atoms with Crippen molar-refractivity contribution in [3.8, 4) is 0 Å². The van der Waals surface area contributed by atoms with Gasteiger partial charge in [0.2, 0.25) is 11.8 Å². The second kappa shape index (κ2) is 9.03. The number of allylic oxidation sites excluding steroid dienone is 1. The van der Waals surface area contributed by atoms with Crippen molar-refractivity contribution >= 4 is 11.8 Å². The average molecular weight is 323 g/mol. The molecule has 0 saturated carbocycles. The lowest BCUT2D eigenvalue weighted by Crippen LogP contribution is -2.45. The maximum atomic E-state index is 12.4. The minimum atomic E-state index is 0.0497. The van der Waals surface area contributed by atoms with Crippen molar-refractivity contribution in [1.29, 1.82) is 0 Å². The molecule has 6 nitrogen and oxygen atoms in total. The molecule has 1 saturated heterocycles. The standard InChI is InChI=1S/C17H29N3O3/c1-19-9-4-3-5-15(17(19)22)14-6-10-20(11-7-14)13-16(21)18-8-12-23-2/h3-4,14-15H,5-13H2,1-2H3,(H,18,21)/t15-/m1/s1. The molecule has 2 aliphatic heterocycles. The largest absolute Gasteiger partial charge is 0.383 e. The van der Waals surface area contributed by atoms with Crippen LogP contribution in [0.15, 0.2) is 12.2 Å². The van der Waals surface area contributed by atoms with Crippen LogP contribution in [0.4, 0.5) is 0 Å². The SMILES string of the molecule is COCCNC(=O)CN1CCC([C@H]2CC=CCN(C)C2=O)CC1. The summed E-state index contributed by atoms with van der Waals surface area (Å²) >= 11 is 0. The summed E-state index contributed by atoms with van der Waals surface area (Å²) in [4.78, 5) is 28.3. The minimum Gasteiger partial charge on any atom is -0.383 e. The number of carbonyl (C=O) groups is 2. The molecule has 23 heavy (non-hydrogen) atoms. The number of nitrogens with zero attached hydrogens (tertiary/aromatic N) is 2. The number of likely N-dealkylation sites (N-methyl/N-ethyl adjacent to an activating group) is 1. The Morgan fingerprint density at radius 1 is 1.35 bits per heavy atom. The molecular weight excluding hydrogens is 294 g/mol. The highest BCUT2D eigenvalue weighted by Crippen LogP contribution is 2.30. The molecule has 2 rings (SSSR count). The molecule has 6 heteroatoms. The topological polar surface area (TPSA) is 61.9 Å². The first-order valence-corrected chi connectivity index (χ1v) is 8.49. The number of carbonyl (C=O) groups excluding carboxylic acids is 2. The highest BCUT2D eigenvalue weighted by Gasteiger charge is 2.33. The van der Waals surface area contributed by atoms with Gasteiger partial charge in [0.25, 0.3) is 0 Å². The Labute approximate surface area is 138 Å². The van der Waals surface area contributed by atoms with Crippen molar-refractivity contribution in [2.75, 3.05) is 53.5 Å².